The summed E-state index contributed by atoms with van der Waals surface area (Å²) in [5, 5.41) is 11.7. The number of nitrogens with one attached hydrogen (secondary N) is 1. The topological polar surface area (TPSA) is 75.6 Å². The number of benzene rings is 2. The van der Waals surface area contributed by atoms with Crippen molar-refractivity contribution >= 4 is 18.1 Å². The standard InChI is InChI=1S/C19H19NO4/c1-14-16(9-5-11-17(14)18(21)22)10-6-12-20-19(23)24-13-15-7-3-2-4-8-15/h2-11H,12-13H2,1H3,(H,20,23)(H,21,22). The van der Waals surface area contributed by atoms with Crippen molar-refractivity contribution in [3.8, 4) is 0 Å². The number of rotatable bonds is 6. The van der Waals surface area contributed by atoms with Gasteiger partial charge >= 0.3 is 12.1 Å². The molecule has 0 unspecified atom stereocenters. The van der Waals surface area contributed by atoms with E-state index in [1.165, 1.54) is 0 Å². The SMILES string of the molecule is Cc1c(C=CCNC(=O)OCc2ccccc2)cccc1C(=O)O. The molecule has 0 radical (unpaired) electrons. The number of hydrogen-bond acceptors (Lipinski definition) is 3. The van der Waals surface area contributed by atoms with E-state index in [1.807, 2.05) is 36.4 Å². The average molecular weight is 325 g/mol. The summed E-state index contributed by atoms with van der Waals surface area (Å²) in [6, 6.07) is 14.5. The van der Waals surface area contributed by atoms with E-state index >= 15 is 0 Å². The number of alkyl carbamates (subject to hydrolysis) is 1. The zero-order chi connectivity index (χ0) is 17.4. The van der Waals surface area contributed by atoms with Gasteiger partial charge < -0.3 is 15.2 Å². The Kier molecular flexibility index (Phi) is 6.14. The van der Waals surface area contributed by atoms with E-state index < -0.39 is 12.1 Å². The molecule has 2 N–H and O–H groups in total. The van der Waals surface area contributed by atoms with Gasteiger partial charge in [-0.05, 0) is 29.7 Å². The van der Waals surface area contributed by atoms with Gasteiger partial charge in [0.1, 0.15) is 6.61 Å². The van der Waals surface area contributed by atoms with Crippen LogP contribution in [-0.2, 0) is 11.3 Å². The Labute approximate surface area is 140 Å². The summed E-state index contributed by atoms with van der Waals surface area (Å²) in [7, 11) is 0. The van der Waals surface area contributed by atoms with E-state index in [-0.39, 0.29) is 12.2 Å². The second-order valence-electron chi connectivity index (χ2n) is 5.17. The molecule has 0 saturated heterocycles. The van der Waals surface area contributed by atoms with Crippen LogP contribution in [0.25, 0.3) is 6.08 Å². The summed E-state index contributed by atoms with van der Waals surface area (Å²) >= 11 is 0. The van der Waals surface area contributed by atoms with Crippen LogP contribution in [0.1, 0.15) is 27.0 Å². The van der Waals surface area contributed by atoms with Crippen LogP contribution in [0.4, 0.5) is 4.79 Å². The van der Waals surface area contributed by atoms with Crippen LogP contribution >= 0.6 is 0 Å². The molecule has 1 amide bonds. The minimum Gasteiger partial charge on any atom is -0.478 e. The second-order valence-corrected chi connectivity index (χ2v) is 5.17. The van der Waals surface area contributed by atoms with Gasteiger partial charge in [0.05, 0.1) is 5.56 Å². The zero-order valence-corrected chi connectivity index (χ0v) is 13.4. The summed E-state index contributed by atoms with van der Waals surface area (Å²) in [6.07, 6.45) is 3.02. The monoisotopic (exact) mass is 325 g/mol. The van der Waals surface area contributed by atoms with Gasteiger partial charge in [-0.3, -0.25) is 0 Å². The zero-order valence-electron chi connectivity index (χ0n) is 13.4. The smallest absolute Gasteiger partial charge is 0.407 e. The highest BCUT2D eigenvalue weighted by Crippen LogP contribution is 2.15. The lowest BCUT2D eigenvalue weighted by Crippen LogP contribution is -2.24. The Morgan fingerprint density at radius 2 is 1.88 bits per heavy atom. The number of carboxylic acid groups (broad SMARTS) is 1. The molecule has 5 nitrogen and oxygen atoms in total. The second kappa shape index (κ2) is 8.53. The van der Waals surface area contributed by atoms with E-state index in [2.05, 4.69) is 5.32 Å². The molecular weight excluding hydrogens is 306 g/mol. The van der Waals surface area contributed by atoms with Crippen LogP contribution < -0.4 is 5.32 Å². The number of carboxylic acids is 1. The molecule has 0 heterocycles. The first-order valence-corrected chi connectivity index (χ1v) is 7.52. The molecule has 0 fully saturated rings. The van der Waals surface area contributed by atoms with Crippen molar-refractivity contribution in [1.29, 1.82) is 0 Å². The van der Waals surface area contributed by atoms with Crippen LogP contribution in [-0.4, -0.2) is 23.7 Å². The van der Waals surface area contributed by atoms with Crippen molar-refractivity contribution in [2.75, 3.05) is 6.54 Å². The van der Waals surface area contributed by atoms with Gasteiger partial charge in [-0.15, -0.1) is 0 Å². The molecule has 124 valence electrons. The van der Waals surface area contributed by atoms with Gasteiger partial charge in [0.25, 0.3) is 0 Å². The Morgan fingerprint density at radius 3 is 2.58 bits per heavy atom. The molecule has 0 bridgehead atoms. The Bertz CT molecular complexity index is 738. The third kappa shape index (κ3) is 4.98. The summed E-state index contributed by atoms with van der Waals surface area (Å²) in [5.41, 5.74) is 2.68. The van der Waals surface area contributed by atoms with E-state index in [9.17, 15) is 9.59 Å². The normalized spacial score (nSPS) is 10.5. The van der Waals surface area contributed by atoms with Crippen LogP contribution in [0.15, 0.2) is 54.6 Å². The number of ether oxygens (including phenoxy) is 1. The molecule has 24 heavy (non-hydrogen) atoms. The van der Waals surface area contributed by atoms with E-state index in [0.717, 1.165) is 11.1 Å². The van der Waals surface area contributed by atoms with Gasteiger partial charge in [0.2, 0.25) is 0 Å². The highest BCUT2D eigenvalue weighted by atomic mass is 16.5. The van der Waals surface area contributed by atoms with Gasteiger partial charge in [0, 0.05) is 6.54 Å². The van der Waals surface area contributed by atoms with Gasteiger partial charge in [0.15, 0.2) is 0 Å². The first-order valence-electron chi connectivity index (χ1n) is 7.52. The van der Waals surface area contributed by atoms with Crippen LogP contribution in [0, 0.1) is 6.92 Å². The fraction of sp³-hybridized carbons (Fsp3) is 0.158. The summed E-state index contributed by atoms with van der Waals surface area (Å²) in [6.45, 7) is 2.27. The predicted molar refractivity (Wildman–Crippen MR) is 91.8 cm³/mol. The van der Waals surface area contributed by atoms with Gasteiger partial charge in [-0.25, -0.2) is 9.59 Å². The summed E-state index contributed by atoms with van der Waals surface area (Å²) in [4.78, 5) is 22.7. The fourth-order valence-corrected chi connectivity index (χ4v) is 2.17. The number of amides is 1. The maximum Gasteiger partial charge on any atom is 0.407 e. The van der Waals surface area contributed by atoms with Crippen molar-refractivity contribution in [2.24, 2.45) is 0 Å². The molecule has 0 atom stereocenters. The molecule has 0 spiro atoms. The number of carbonyl (C=O) groups excluding carboxylic acids is 1. The molecule has 5 heteroatoms. The van der Waals surface area contributed by atoms with Crippen LogP contribution in [0.2, 0.25) is 0 Å². The van der Waals surface area contributed by atoms with Gasteiger partial charge in [-0.1, -0.05) is 54.6 Å². The summed E-state index contributed by atoms with van der Waals surface area (Å²) < 4.78 is 5.09. The molecule has 0 aromatic heterocycles. The molecule has 0 aliphatic rings. The van der Waals surface area contributed by atoms with E-state index in [0.29, 0.717) is 12.1 Å². The Balaban J connectivity index is 1.81. The minimum absolute atomic E-state index is 0.218. The molecule has 2 aromatic carbocycles. The molecular formula is C19H19NO4. The quantitative estimate of drug-likeness (QED) is 0.850. The predicted octanol–water partition coefficient (Wildman–Crippen LogP) is 3.63. The van der Waals surface area contributed by atoms with Gasteiger partial charge in [-0.2, -0.15) is 0 Å². The largest absolute Gasteiger partial charge is 0.478 e. The molecule has 0 aliphatic carbocycles. The lowest BCUT2D eigenvalue weighted by atomic mass is 10.0. The Morgan fingerprint density at radius 1 is 1.12 bits per heavy atom. The highest BCUT2D eigenvalue weighted by molar-refractivity contribution is 5.90. The highest BCUT2D eigenvalue weighted by Gasteiger charge is 2.08. The van der Waals surface area contributed by atoms with Crippen LogP contribution in [0.5, 0.6) is 0 Å². The van der Waals surface area contributed by atoms with Crippen molar-refractivity contribution in [3.05, 3.63) is 76.9 Å². The lowest BCUT2D eigenvalue weighted by Gasteiger charge is -2.06. The lowest BCUT2D eigenvalue weighted by molar-refractivity contribution is 0.0696. The number of aromatic carboxylic acids is 1. The van der Waals surface area contributed by atoms with E-state index in [4.69, 9.17) is 9.84 Å². The first kappa shape index (κ1) is 17.3. The third-order valence-corrected chi connectivity index (χ3v) is 3.48. The molecule has 2 rings (SSSR count). The maximum absolute atomic E-state index is 11.6. The summed E-state index contributed by atoms with van der Waals surface area (Å²) in [5.74, 6) is -0.953. The minimum atomic E-state index is -0.953. The fourth-order valence-electron chi connectivity index (χ4n) is 2.17. The van der Waals surface area contributed by atoms with Crippen molar-refractivity contribution < 1.29 is 19.4 Å². The number of hydrogen-bond donors (Lipinski definition) is 2. The first-order chi connectivity index (χ1) is 11.6. The van der Waals surface area contributed by atoms with Crippen LogP contribution in [0.3, 0.4) is 0 Å². The molecule has 0 aliphatic heterocycles. The Hall–Kier alpha value is -3.08. The third-order valence-electron chi connectivity index (χ3n) is 3.48. The van der Waals surface area contributed by atoms with Crippen molar-refractivity contribution in [1.82, 2.24) is 5.32 Å². The van der Waals surface area contributed by atoms with Crippen molar-refractivity contribution in [3.63, 3.8) is 0 Å². The molecule has 2 aromatic rings. The molecule has 0 saturated carbocycles. The average Bonchev–Trinajstić information content (AvgIpc) is 2.58. The van der Waals surface area contributed by atoms with E-state index in [1.54, 1.807) is 31.2 Å². The maximum atomic E-state index is 11.6. The number of carbonyl (C=O) groups is 2. The van der Waals surface area contributed by atoms with Crippen molar-refractivity contribution in [2.45, 2.75) is 13.5 Å².